The van der Waals surface area contributed by atoms with Crippen LogP contribution in [0.2, 0.25) is 0 Å². The third-order valence-electron chi connectivity index (χ3n) is 5.08. The Bertz CT molecular complexity index is 324. The number of epoxide rings is 2. The van der Waals surface area contributed by atoms with Gasteiger partial charge in [0, 0.05) is 0 Å². The van der Waals surface area contributed by atoms with Crippen molar-refractivity contribution in [3.05, 3.63) is 24.3 Å². The maximum Gasteiger partial charge on any atom is 0.0836 e. The topological polar surface area (TPSA) is 25.1 Å². The zero-order chi connectivity index (χ0) is 26.3. The van der Waals surface area contributed by atoms with Crippen LogP contribution in [-0.2, 0) is 9.47 Å². The quantitative estimate of drug-likeness (QED) is 0.190. The van der Waals surface area contributed by atoms with Crippen LogP contribution < -0.4 is 0 Å². The normalized spacial score (nSPS) is 21.6. The van der Waals surface area contributed by atoms with Gasteiger partial charge in [-0.25, -0.2) is 0 Å². The van der Waals surface area contributed by atoms with Gasteiger partial charge < -0.3 is 9.47 Å². The van der Waals surface area contributed by atoms with Crippen LogP contribution in [0.15, 0.2) is 24.3 Å². The summed E-state index contributed by atoms with van der Waals surface area (Å²) in [5, 5.41) is 0. The second-order valence-electron chi connectivity index (χ2n) is 8.59. The molecule has 2 nitrogen and oxygen atoms in total. The van der Waals surface area contributed by atoms with Crippen molar-refractivity contribution in [1.82, 2.24) is 0 Å². The highest BCUT2D eigenvalue weighted by atomic mass is 16.6. The highest BCUT2D eigenvalue weighted by Crippen LogP contribution is 2.23. The average Bonchev–Trinajstić information content (AvgIpc) is 3.73. The van der Waals surface area contributed by atoms with Gasteiger partial charge in [0.15, 0.2) is 0 Å². The molecule has 2 fully saturated rings. The van der Waals surface area contributed by atoms with Gasteiger partial charge >= 0.3 is 0 Å². The molecule has 2 rings (SSSR count). The van der Waals surface area contributed by atoms with E-state index in [0.717, 1.165) is 12.8 Å². The minimum absolute atomic E-state index is 0.565. The predicted molar refractivity (Wildman–Crippen MR) is 154 cm³/mol. The van der Waals surface area contributed by atoms with Gasteiger partial charge in [-0.1, -0.05) is 125 Å². The molecule has 0 bridgehead atoms. The van der Waals surface area contributed by atoms with Crippen molar-refractivity contribution >= 4 is 0 Å². The zero-order valence-corrected chi connectivity index (χ0v) is 25.2. The number of allylic oxidation sites excluding steroid dienone is 4. The molecule has 4 unspecified atom stereocenters. The Kier molecular flexibility index (Phi) is 43.2. The molecule has 2 aliphatic heterocycles. The van der Waals surface area contributed by atoms with Crippen molar-refractivity contribution < 1.29 is 9.47 Å². The second kappa shape index (κ2) is 36.0. The fourth-order valence-corrected chi connectivity index (χ4v) is 2.64. The highest BCUT2D eigenvalue weighted by Gasteiger charge is 2.31. The van der Waals surface area contributed by atoms with Gasteiger partial charge in [0.1, 0.15) is 0 Å². The van der Waals surface area contributed by atoms with E-state index in [-0.39, 0.29) is 0 Å². The van der Waals surface area contributed by atoms with Gasteiger partial charge in [-0.05, 0) is 53.4 Å². The van der Waals surface area contributed by atoms with Gasteiger partial charge in [-0.3, -0.25) is 0 Å². The number of hydrogen-bond donors (Lipinski definition) is 0. The maximum absolute atomic E-state index is 5.07. The van der Waals surface area contributed by atoms with E-state index in [2.05, 4.69) is 93.5 Å². The van der Waals surface area contributed by atoms with Crippen molar-refractivity contribution in [3.8, 4) is 0 Å². The smallest absolute Gasteiger partial charge is 0.0836 e. The van der Waals surface area contributed by atoms with Crippen molar-refractivity contribution in [1.29, 1.82) is 0 Å². The van der Waals surface area contributed by atoms with Gasteiger partial charge in [-0.15, -0.1) is 0 Å². The molecule has 0 radical (unpaired) electrons. The molecular formula is C31H66O2. The Labute approximate surface area is 212 Å². The number of ether oxygens (including phenoxy) is 2. The van der Waals surface area contributed by atoms with E-state index in [0.29, 0.717) is 24.4 Å². The van der Waals surface area contributed by atoms with E-state index in [1.807, 2.05) is 13.8 Å². The molecule has 2 heteroatoms. The summed E-state index contributed by atoms with van der Waals surface area (Å²) in [7, 11) is 0. The van der Waals surface area contributed by atoms with E-state index in [4.69, 9.17) is 9.47 Å². The van der Waals surface area contributed by atoms with Crippen molar-refractivity contribution in [2.24, 2.45) is 0 Å². The fourth-order valence-electron chi connectivity index (χ4n) is 2.64. The molecule has 0 N–H and O–H groups in total. The van der Waals surface area contributed by atoms with Gasteiger partial charge in [-0.2, -0.15) is 0 Å². The van der Waals surface area contributed by atoms with Gasteiger partial charge in [0.25, 0.3) is 0 Å². The van der Waals surface area contributed by atoms with E-state index < -0.39 is 0 Å². The molecule has 0 spiro atoms. The van der Waals surface area contributed by atoms with E-state index in [1.54, 1.807) is 0 Å². The van der Waals surface area contributed by atoms with E-state index in [1.165, 1.54) is 57.8 Å². The first kappa shape index (κ1) is 39.6. The van der Waals surface area contributed by atoms with Crippen LogP contribution in [-0.4, -0.2) is 24.4 Å². The Morgan fingerprint density at radius 1 is 0.515 bits per heavy atom. The fraction of sp³-hybridized carbons (Fsp3) is 0.871. The summed E-state index contributed by atoms with van der Waals surface area (Å²) in [5.41, 5.74) is 0. The van der Waals surface area contributed by atoms with Crippen molar-refractivity contribution in [2.45, 2.75) is 178 Å². The molecule has 2 saturated heterocycles. The lowest BCUT2D eigenvalue weighted by molar-refractivity contribution is 0.375. The largest absolute Gasteiger partial charge is 0.370 e. The minimum Gasteiger partial charge on any atom is -0.370 e. The molecule has 2 aliphatic rings. The Morgan fingerprint density at radius 3 is 0.818 bits per heavy atom. The Morgan fingerprint density at radius 2 is 0.788 bits per heavy atom. The van der Waals surface area contributed by atoms with Gasteiger partial charge in [0.05, 0.1) is 24.4 Å². The summed E-state index contributed by atoms with van der Waals surface area (Å²) < 4.78 is 10.1. The first-order valence-electron chi connectivity index (χ1n) is 14.4. The molecule has 0 aromatic carbocycles. The first-order valence-corrected chi connectivity index (χ1v) is 14.4. The lowest BCUT2D eigenvalue weighted by Crippen LogP contribution is -1.81. The highest BCUT2D eigenvalue weighted by molar-refractivity contribution is 4.78. The SMILES string of the molecule is C/C=C\CC.C/C=C\CC.CCC1OC1C.CCC1OC1C.CCCCC.CCCCCC. The van der Waals surface area contributed by atoms with Crippen LogP contribution in [0.25, 0.3) is 0 Å². The summed E-state index contributed by atoms with van der Waals surface area (Å²) in [6.07, 6.45) is 25.0. The lowest BCUT2D eigenvalue weighted by atomic mass is 10.2. The number of unbranched alkanes of at least 4 members (excludes halogenated alkanes) is 5. The maximum atomic E-state index is 5.07. The summed E-state index contributed by atoms with van der Waals surface area (Å²) in [5.74, 6) is 0. The molecule has 4 atom stereocenters. The molecule has 0 aliphatic carbocycles. The summed E-state index contributed by atoms with van der Waals surface area (Å²) in [6.45, 7) is 25.7. The molecule has 202 valence electrons. The number of hydrogen-bond acceptors (Lipinski definition) is 2. The second-order valence-corrected chi connectivity index (χ2v) is 8.59. The van der Waals surface area contributed by atoms with Gasteiger partial charge in [0.2, 0.25) is 0 Å². The summed E-state index contributed by atoms with van der Waals surface area (Å²) in [6, 6.07) is 0. The van der Waals surface area contributed by atoms with Crippen LogP contribution in [0.5, 0.6) is 0 Å². The minimum atomic E-state index is 0.565. The van der Waals surface area contributed by atoms with E-state index >= 15 is 0 Å². The monoisotopic (exact) mass is 471 g/mol. The molecule has 2 heterocycles. The van der Waals surface area contributed by atoms with Crippen molar-refractivity contribution in [3.63, 3.8) is 0 Å². The first-order chi connectivity index (χ1) is 15.8. The Balaban J connectivity index is -0.000000153. The van der Waals surface area contributed by atoms with Crippen LogP contribution in [0.4, 0.5) is 0 Å². The van der Waals surface area contributed by atoms with Crippen LogP contribution in [0.3, 0.4) is 0 Å². The number of rotatable bonds is 9. The molecule has 0 amide bonds. The standard InChI is InChI=1S/C6H14.2C5H10O.C5H12.2C5H10/c1-3-5-6-4-2;2*1-3-5-4(2)6-5;3*1-3-5-4-2/h3-6H2,1-2H3;2*4-5H,3H2,1-2H3;3-5H2,1-2H3;2*3,5H,4H2,1-2H3/b;;;;2*5-3-. The summed E-state index contributed by atoms with van der Waals surface area (Å²) >= 11 is 0. The average molecular weight is 471 g/mol. The lowest BCUT2D eigenvalue weighted by Gasteiger charge is -1.86. The third-order valence-corrected chi connectivity index (χ3v) is 5.08. The predicted octanol–water partition coefficient (Wildman–Crippen LogP) is 11.1. The van der Waals surface area contributed by atoms with Crippen LogP contribution >= 0.6 is 0 Å². The molecule has 33 heavy (non-hydrogen) atoms. The van der Waals surface area contributed by atoms with Crippen LogP contribution in [0.1, 0.15) is 154 Å². The molecule has 0 aromatic heterocycles. The molecule has 0 aromatic rings. The molecule has 0 saturated carbocycles. The Hall–Kier alpha value is -0.600. The molecular weight excluding hydrogens is 404 g/mol. The van der Waals surface area contributed by atoms with E-state index in [9.17, 15) is 0 Å². The van der Waals surface area contributed by atoms with Crippen LogP contribution in [0, 0.1) is 0 Å². The third kappa shape index (κ3) is 45.6. The van der Waals surface area contributed by atoms with Crippen molar-refractivity contribution in [2.75, 3.05) is 0 Å². The zero-order valence-electron chi connectivity index (χ0n) is 25.2. The summed E-state index contributed by atoms with van der Waals surface area (Å²) in [4.78, 5) is 0.